The van der Waals surface area contributed by atoms with E-state index in [4.69, 9.17) is 10.8 Å². The van der Waals surface area contributed by atoms with Crippen molar-refractivity contribution in [2.75, 3.05) is 0 Å². The lowest BCUT2D eigenvalue weighted by Crippen LogP contribution is -2.35. The van der Waals surface area contributed by atoms with Gasteiger partial charge in [0.2, 0.25) is 5.91 Å². The molecule has 4 rings (SSSR count). The highest BCUT2D eigenvalue weighted by Crippen LogP contribution is 2.29. The van der Waals surface area contributed by atoms with E-state index in [-0.39, 0.29) is 11.4 Å². The van der Waals surface area contributed by atoms with Gasteiger partial charge in [-0.1, -0.05) is 0 Å². The lowest BCUT2D eigenvalue weighted by molar-refractivity contribution is -0.384. The van der Waals surface area contributed by atoms with E-state index in [1.807, 2.05) is 0 Å². The number of nitrogens with one attached hydrogen (secondary N) is 2. The van der Waals surface area contributed by atoms with Crippen LogP contribution in [0.4, 0.5) is 11.4 Å². The van der Waals surface area contributed by atoms with Gasteiger partial charge in [-0.2, -0.15) is 0 Å². The van der Waals surface area contributed by atoms with Gasteiger partial charge in [0.1, 0.15) is 5.41 Å². The molecule has 0 aliphatic rings. The molecule has 188 valence electrons. The number of hydrogen-bond acceptors (Lipinski definition) is 6. The molecule has 0 aliphatic heterocycles. The number of benzene rings is 2. The van der Waals surface area contributed by atoms with Gasteiger partial charge >= 0.3 is 5.97 Å². The van der Waals surface area contributed by atoms with E-state index in [0.29, 0.717) is 27.7 Å². The van der Waals surface area contributed by atoms with Gasteiger partial charge in [-0.15, -0.1) is 0 Å². The molecule has 2 aromatic carbocycles. The van der Waals surface area contributed by atoms with Crippen LogP contribution in [0.1, 0.15) is 39.1 Å². The minimum Gasteiger partial charge on any atom is -0.481 e. The number of carbonyl (C=O) groups is 2. The third-order valence-electron chi connectivity index (χ3n) is 6.13. The Morgan fingerprint density at radius 1 is 0.778 bits per heavy atom. The highest BCUT2D eigenvalue weighted by atomic mass is 16.6. The maximum absolute atomic E-state index is 11.4. The van der Waals surface area contributed by atoms with E-state index in [1.165, 1.54) is 24.3 Å². The smallest absolute Gasteiger partial charge is 0.315 e. The molecule has 2 aromatic heterocycles. The SMILES string of the molecule is CC(C)(C(=O)O)c1cc2cc([N+](=O)[O-])ccc2[nH]1.CC(C)(C(N)=O)c1cc2cc([N+](=O)[O-])ccc2[nH]1. The Morgan fingerprint density at radius 3 is 1.50 bits per heavy atom. The van der Waals surface area contributed by atoms with E-state index in [1.54, 1.807) is 52.0 Å². The molecule has 0 fully saturated rings. The number of fused-ring (bicyclic) bond motifs is 2. The van der Waals surface area contributed by atoms with Crippen molar-refractivity contribution in [3.05, 3.63) is 80.1 Å². The molecule has 2 heterocycles. The summed E-state index contributed by atoms with van der Waals surface area (Å²) in [6.07, 6.45) is 0. The Hall–Kier alpha value is -4.74. The number of hydrogen-bond donors (Lipinski definition) is 4. The monoisotopic (exact) mass is 495 g/mol. The highest BCUT2D eigenvalue weighted by molar-refractivity contribution is 5.89. The second kappa shape index (κ2) is 9.13. The van der Waals surface area contributed by atoms with Crippen molar-refractivity contribution < 1.29 is 24.5 Å². The second-order valence-electron chi connectivity index (χ2n) is 9.34. The normalized spacial score (nSPS) is 11.7. The number of carboxylic acids is 1. The topological polar surface area (TPSA) is 198 Å². The van der Waals surface area contributed by atoms with Gasteiger partial charge < -0.3 is 20.8 Å². The number of rotatable bonds is 6. The Morgan fingerprint density at radius 2 is 1.17 bits per heavy atom. The summed E-state index contributed by atoms with van der Waals surface area (Å²) >= 11 is 0. The van der Waals surface area contributed by atoms with Crippen molar-refractivity contribution in [2.24, 2.45) is 5.73 Å². The summed E-state index contributed by atoms with van der Waals surface area (Å²) in [5.41, 5.74) is 6.03. The van der Waals surface area contributed by atoms with Crippen molar-refractivity contribution >= 4 is 45.1 Å². The number of nitrogens with two attached hydrogens (primary N) is 1. The van der Waals surface area contributed by atoms with Crippen molar-refractivity contribution in [3.8, 4) is 0 Å². The van der Waals surface area contributed by atoms with Gasteiger partial charge in [-0.3, -0.25) is 29.8 Å². The number of H-pyrrole nitrogens is 2. The molecule has 0 bridgehead atoms. The van der Waals surface area contributed by atoms with Crippen LogP contribution in [0, 0.1) is 20.2 Å². The Labute approximate surface area is 204 Å². The van der Waals surface area contributed by atoms with Crippen LogP contribution in [0.5, 0.6) is 0 Å². The van der Waals surface area contributed by atoms with Crippen LogP contribution in [-0.2, 0) is 20.4 Å². The Kier molecular flexibility index (Phi) is 6.56. The van der Waals surface area contributed by atoms with Crippen molar-refractivity contribution in [3.63, 3.8) is 0 Å². The molecular formula is C24H25N5O7. The van der Waals surface area contributed by atoms with E-state index in [2.05, 4.69) is 9.97 Å². The summed E-state index contributed by atoms with van der Waals surface area (Å²) < 4.78 is 0. The van der Waals surface area contributed by atoms with Crippen LogP contribution in [0.15, 0.2) is 48.5 Å². The summed E-state index contributed by atoms with van der Waals surface area (Å²) in [5, 5.41) is 31.8. The number of carboxylic acid groups (broad SMARTS) is 1. The number of nitro benzene ring substituents is 2. The average Bonchev–Trinajstić information content (AvgIpc) is 3.43. The first-order valence-corrected chi connectivity index (χ1v) is 10.7. The summed E-state index contributed by atoms with van der Waals surface area (Å²) in [6.45, 7) is 6.56. The lowest BCUT2D eigenvalue weighted by atomic mass is 9.89. The van der Waals surface area contributed by atoms with Gasteiger partial charge in [0, 0.05) is 57.5 Å². The number of aromatic amines is 2. The largest absolute Gasteiger partial charge is 0.481 e. The highest BCUT2D eigenvalue weighted by Gasteiger charge is 2.31. The fraction of sp³-hybridized carbons (Fsp3) is 0.250. The fourth-order valence-electron chi connectivity index (χ4n) is 3.39. The Balaban J connectivity index is 0.000000201. The minimum absolute atomic E-state index is 0.0128. The Bertz CT molecular complexity index is 1400. The van der Waals surface area contributed by atoms with Crippen molar-refractivity contribution in [1.29, 1.82) is 0 Å². The number of amides is 1. The van der Waals surface area contributed by atoms with Crippen LogP contribution < -0.4 is 5.73 Å². The van der Waals surface area contributed by atoms with Crippen molar-refractivity contribution in [1.82, 2.24) is 9.97 Å². The molecule has 0 atom stereocenters. The number of aliphatic carboxylic acids is 1. The zero-order valence-corrected chi connectivity index (χ0v) is 20.0. The molecule has 12 nitrogen and oxygen atoms in total. The van der Waals surface area contributed by atoms with Gasteiger partial charge in [-0.25, -0.2) is 0 Å². The van der Waals surface area contributed by atoms with Crippen LogP contribution in [0.2, 0.25) is 0 Å². The molecule has 4 aromatic rings. The number of nitrogens with zero attached hydrogens (tertiary/aromatic N) is 2. The summed E-state index contributed by atoms with van der Waals surface area (Å²) in [5.74, 6) is -1.41. The van der Waals surface area contributed by atoms with Crippen LogP contribution in [-0.4, -0.2) is 36.8 Å². The molecule has 1 amide bonds. The van der Waals surface area contributed by atoms with Crippen LogP contribution >= 0.6 is 0 Å². The second-order valence-corrected chi connectivity index (χ2v) is 9.34. The summed E-state index contributed by atoms with van der Waals surface area (Å²) in [6, 6.07) is 12.2. The molecular weight excluding hydrogens is 470 g/mol. The van der Waals surface area contributed by atoms with E-state index < -0.39 is 32.6 Å². The predicted molar refractivity (Wildman–Crippen MR) is 133 cm³/mol. The first kappa shape index (κ1) is 25.9. The molecule has 0 saturated heterocycles. The molecule has 36 heavy (non-hydrogen) atoms. The van der Waals surface area contributed by atoms with Gasteiger partial charge in [0.25, 0.3) is 11.4 Å². The average molecular weight is 495 g/mol. The quantitative estimate of drug-likeness (QED) is 0.226. The van der Waals surface area contributed by atoms with Gasteiger partial charge in [0.15, 0.2) is 0 Å². The number of nitro groups is 2. The molecule has 0 spiro atoms. The molecule has 0 radical (unpaired) electrons. The zero-order valence-electron chi connectivity index (χ0n) is 20.0. The maximum Gasteiger partial charge on any atom is 0.315 e. The van der Waals surface area contributed by atoms with Gasteiger partial charge in [-0.05, 0) is 52.0 Å². The molecule has 0 saturated carbocycles. The fourth-order valence-corrected chi connectivity index (χ4v) is 3.39. The van der Waals surface area contributed by atoms with Gasteiger partial charge in [0.05, 0.1) is 15.3 Å². The maximum atomic E-state index is 11.4. The zero-order chi connectivity index (χ0) is 27.0. The lowest BCUT2D eigenvalue weighted by Gasteiger charge is -2.18. The third kappa shape index (κ3) is 4.87. The first-order chi connectivity index (χ1) is 16.6. The molecule has 0 unspecified atom stereocenters. The summed E-state index contributed by atoms with van der Waals surface area (Å²) in [7, 11) is 0. The standard InChI is InChI=1S/C12H13N3O3.C12H12N2O4/c1-12(2,11(13)16)10-6-7-5-8(15(17)18)3-4-9(7)14-10;1-12(2,11(15)16)10-6-7-5-8(14(17)18)3-4-9(7)13-10/h3-6,14H,1-2H3,(H2,13,16);3-6,13H,1-2H3,(H,15,16). The molecule has 12 heteroatoms. The minimum atomic E-state index is -1.06. The predicted octanol–water partition coefficient (Wildman–Crippen LogP) is 4.28. The van der Waals surface area contributed by atoms with E-state index in [9.17, 15) is 29.8 Å². The van der Waals surface area contributed by atoms with E-state index in [0.717, 1.165) is 5.52 Å². The van der Waals surface area contributed by atoms with E-state index >= 15 is 0 Å². The van der Waals surface area contributed by atoms with Crippen LogP contribution in [0.25, 0.3) is 21.8 Å². The summed E-state index contributed by atoms with van der Waals surface area (Å²) in [4.78, 5) is 49.0. The molecule has 5 N–H and O–H groups in total. The van der Waals surface area contributed by atoms with Crippen LogP contribution in [0.3, 0.4) is 0 Å². The van der Waals surface area contributed by atoms with Crippen molar-refractivity contribution in [2.45, 2.75) is 38.5 Å². The number of carbonyl (C=O) groups excluding carboxylic acids is 1. The first-order valence-electron chi connectivity index (χ1n) is 10.7. The third-order valence-corrected chi connectivity index (χ3v) is 6.13. The molecule has 0 aliphatic carbocycles. The number of aromatic nitrogens is 2. The number of primary amides is 1. The number of non-ortho nitro benzene ring substituents is 2.